The molecule has 0 spiro atoms. The van der Waals surface area contributed by atoms with E-state index >= 15 is 0 Å². The minimum Gasteiger partial charge on any atom is -0.358 e. The van der Waals surface area contributed by atoms with Crippen molar-refractivity contribution in [2.45, 2.75) is 63.2 Å². The number of carbonyl (C=O) groups is 1. The number of rotatable bonds is 5. The fourth-order valence-electron chi connectivity index (χ4n) is 4.65. The molecule has 180 valence electrons. The largest absolute Gasteiger partial charge is 0.358 e. The first-order valence-electron chi connectivity index (χ1n) is 11.2. The average Bonchev–Trinajstić information content (AvgIpc) is 3.02. The molecule has 34 heavy (non-hydrogen) atoms. The number of hydrogen-bond donors (Lipinski definition) is 0. The number of nitrogens with zero attached hydrogens (tertiary/aromatic N) is 2. The summed E-state index contributed by atoms with van der Waals surface area (Å²) >= 11 is 1.83. The molecule has 0 saturated heterocycles. The van der Waals surface area contributed by atoms with Gasteiger partial charge in [-0.1, -0.05) is 31.5 Å². The number of carbonyl (C=O) groups excluding carboxylic acids is 1. The van der Waals surface area contributed by atoms with Crippen molar-refractivity contribution >= 4 is 27.7 Å². The van der Waals surface area contributed by atoms with E-state index in [1.54, 1.807) is 26.1 Å². The molecule has 0 atom stereocenters. The maximum Gasteiger partial charge on any atom is 0.340 e. The minimum absolute atomic E-state index is 0.0231. The van der Waals surface area contributed by atoms with Gasteiger partial charge in [0.1, 0.15) is 10.5 Å². The molecule has 2 aromatic carbocycles. The third-order valence-corrected chi connectivity index (χ3v) is 8.96. The second-order valence-electron chi connectivity index (χ2n) is 9.62. The van der Waals surface area contributed by atoms with Crippen molar-refractivity contribution < 1.29 is 17.4 Å². The molecule has 0 amide bonds. The predicted octanol–water partition coefficient (Wildman–Crippen LogP) is 5.43. The lowest BCUT2D eigenvalue weighted by Crippen LogP contribution is -2.26. The number of thioether (sulfide) groups is 1. The van der Waals surface area contributed by atoms with Crippen LogP contribution in [0, 0.1) is 27.7 Å². The van der Waals surface area contributed by atoms with Gasteiger partial charge in [0.05, 0.1) is 5.69 Å². The molecule has 3 aromatic rings. The number of hydrogen-bond acceptors (Lipinski definition) is 6. The molecule has 6 nitrogen and oxygen atoms in total. The average molecular weight is 499 g/mol. The number of benzene rings is 2. The monoisotopic (exact) mass is 498 g/mol. The zero-order valence-electron chi connectivity index (χ0n) is 20.6. The second kappa shape index (κ2) is 8.57. The maximum absolute atomic E-state index is 13.9. The first-order chi connectivity index (χ1) is 15.8. The molecule has 4 rings (SSSR count). The molecule has 0 saturated carbocycles. The summed E-state index contributed by atoms with van der Waals surface area (Å²) in [4.78, 5) is 15.2. The van der Waals surface area contributed by atoms with Crippen LogP contribution in [0.25, 0.3) is 0 Å². The Labute approximate surface area is 205 Å². The highest BCUT2D eigenvalue weighted by Crippen LogP contribution is 2.46. The lowest BCUT2D eigenvalue weighted by Gasteiger charge is -2.35. The zero-order valence-corrected chi connectivity index (χ0v) is 22.3. The molecule has 0 unspecified atom stereocenters. The van der Waals surface area contributed by atoms with Crippen molar-refractivity contribution in [3.63, 3.8) is 0 Å². The van der Waals surface area contributed by atoms with E-state index in [1.165, 1.54) is 27.3 Å². The molecule has 0 fully saturated rings. The van der Waals surface area contributed by atoms with Gasteiger partial charge in [0, 0.05) is 17.5 Å². The highest BCUT2D eigenvalue weighted by atomic mass is 32.2. The number of fused-ring (bicyclic) bond motifs is 1. The summed E-state index contributed by atoms with van der Waals surface area (Å²) in [6.45, 7) is 12.0. The number of aromatic nitrogens is 2. The SMILES string of the molecule is Cc1ccc(S(=O)(=O)Oc2c(C(=O)c3cc(C)c4c(c3C)C(C)(C)CCS4)c(C)nn2C)cc1. The molecule has 2 heterocycles. The summed E-state index contributed by atoms with van der Waals surface area (Å²) in [5.74, 6) is 0.686. The smallest absolute Gasteiger partial charge is 0.340 e. The highest BCUT2D eigenvalue weighted by molar-refractivity contribution is 7.99. The summed E-state index contributed by atoms with van der Waals surface area (Å²) in [6, 6.07) is 8.31. The van der Waals surface area contributed by atoms with Crippen molar-refractivity contribution in [1.29, 1.82) is 0 Å². The van der Waals surface area contributed by atoms with Crippen LogP contribution >= 0.6 is 11.8 Å². The van der Waals surface area contributed by atoms with Crippen LogP contribution in [-0.4, -0.2) is 29.7 Å². The van der Waals surface area contributed by atoms with Gasteiger partial charge in [-0.3, -0.25) is 4.79 Å². The van der Waals surface area contributed by atoms with E-state index in [4.69, 9.17) is 4.18 Å². The van der Waals surface area contributed by atoms with Gasteiger partial charge in [0.15, 0.2) is 0 Å². The zero-order chi connectivity index (χ0) is 25.0. The quantitative estimate of drug-likeness (QED) is 0.345. The number of aryl methyl sites for hydroxylation is 4. The van der Waals surface area contributed by atoms with Crippen LogP contribution < -0.4 is 4.18 Å². The van der Waals surface area contributed by atoms with Crippen LogP contribution in [0.5, 0.6) is 5.88 Å². The maximum atomic E-state index is 13.9. The van der Waals surface area contributed by atoms with E-state index in [1.807, 2.05) is 38.6 Å². The van der Waals surface area contributed by atoms with Crippen LogP contribution in [0.1, 0.15) is 64.1 Å². The van der Waals surface area contributed by atoms with E-state index in [-0.39, 0.29) is 27.5 Å². The van der Waals surface area contributed by atoms with Crippen molar-refractivity contribution in [2.24, 2.45) is 7.05 Å². The van der Waals surface area contributed by atoms with Crippen LogP contribution in [0.4, 0.5) is 0 Å². The molecular formula is C26H30N2O4S2. The Morgan fingerprint density at radius 3 is 2.41 bits per heavy atom. The molecule has 0 N–H and O–H groups in total. The topological polar surface area (TPSA) is 78.3 Å². The standard InChI is InChI=1S/C26H30N2O4S2/c1-15-8-10-19(11-9-15)34(30,31)32-25-21(18(4)27-28(25)7)23(29)20-14-16(2)24-22(17(20)3)26(5,6)12-13-33-24/h8-11,14H,12-13H2,1-7H3. The normalized spacial score (nSPS) is 15.1. The van der Waals surface area contributed by atoms with Gasteiger partial charge in [-0.25, -0.2) is 4.68 Å². The van der Waals surface area contributed by atoms with Crippen LogP contribution in [-0.2, 0) is 22.6 Å². The van der Waals surface area contributed by atoms with Crippen LogP contribution in [0.2, 0.25) is 0 Å². The Hall–Kier alpha value is -2.58. The minimum atomic E-state index is -4.15. The van der Waals surface area contributed by atoms with Gasteiger partial charge in [-0.15, -0.1) is 11.8 Å². The van der Waals surface area contributed by atoms with Crippen LogP contribution in [0.3, 0.4) is 0 Å². The molecule has 8 heteroatoms. The summed E-state index contributed by atoms with van der Waals surface area (Å²) < 4.78 is 32.9. The van der Waals surface area contributed by atoms with Gasteiger partial charge >= 0.3 is 10.1 Å². The van der Waals surface area contributed by atoms with Crippen molar-refractivity contribution in [2.75, 3.05) is 5.75 Å². The molecule has 0 aliphatic carbocycles. The van der Waals surface area contributed by atoms with E-state index in [0.29, 0.717) is 11.3 Å². The Morgan fingerprint density at radius 2 is 1.76 bits per heavy atom. The molecular weight excluding hydrogens is 468 g/mol. The molecule has 0 radical (unpaired) electrons. The summed E-state index contributed by atoms with van der Waals surface area (Å²) in [5.41, 5.74) is 5.21. The van der Waals surface area contributed by atoms with Gasteiger partial charge in [-0.05, 0) is 80.2 Å². The van der Waals surface area contributed by atoms with Gasteiger partial charge in [-0.2, -0.15) is 13.5 Å². The third kappa shape index (κ3) is 4.18. The lowest BCUT2D eigenvalue weighted by molar-refractivity contribution is 0.103. The predicted molar refractivity (Wildman–Crippen MR) is 135 cm³/mol. The fourth-order valence-corrected chi connectivity index (χ4v) is 7.29. The summed E-state index contributed by atoms with van der Waals surface area (Å²) in [6.07, 6.45) is 1.03. The van der Waals surface area contributed by atoms with E-state index in [0.717, 1.165) is 28.9 Å². The summed E-state index contributed by atoms with van der Waals surface area (Å²) in [5, 5.41) is 4.32. The van der Waals surface area contributed by atoms with Crippen molar-refractivity contribution in [1.82, 2.24) is 9.78 Å². The van der Waals surface area contributed by atoms with Crippen LogP contribution in [0.15, 0.2) is 40.1 Å². The Bertz CT molecular complexity index is 1400. The van der Waals surface area contributed by atoms with E-state index in [9.17, 15) is 13.2 Å². The van der Waals surface area contributed by atoms with E-state index < -0.39 is 10.1 Å². The molecule has 1 aliphatic heterocycles. The third-order valence-electron chi connectivity index (χ3n) is 6.51. The van der Waals surface area contributed by atoms with Gasteiger partial charge in [0.2, 0.25) is 11.7 Å². The van der Waals surface area contributed by atoms with Crippen molar-refractivity contribution in [3.05, 3.63) is 69.4 Å². The van der Waals surface area contributed by atoms with Gasteiger partial charge in [0.25, 0.3) is 0 Å². The Balaban J connectivity index is 1.83. The molecule has 0 bridgehead atoms. The van der Waals surface area contributed by atoms with Gasteiger partial charge < -0.3 is 4.18 Å². The van der Waals surface area contributed by atoms with E-state index in [2.05, 4.69) is 18.9 Å². The second-order valence-corrected chi connectivity index (χ2v) is 12.3. The first kappa shape index (κ1) is 24.5. The number of ketones is 1. The first-order valence-corrected chi connectivity index (χ1v) is 13.6. The Kier molecular flexibility index (Phi) is 6.19. The Morgan fingerprint density at radius 1 is 1.12 bits per heavy atom. The summed E-state index contributed by atoms with van der Waals surface area (Å²) in [7, 11) is -2.57. The fraction of sp³-hybridized carbons (Fsp3) is 0.385. The lowest BCUT2D eigenvalue weighted by atomic mass is 9.76. The highest BCUT2D eigenvalue weighted by Gasteiger charge is 2.34. The molecule has 1 aromatic heterocycles. The van der Waals surface area contributed by atoms with Crippen molar-refractivity contribution in [3.8, 4) is 5.88 Å². The molecule has 1 aliphatic rings.